The van der Waals surface area contributed by atoms with Crippen molar-refractivity contribution in [1.82, 2.24) is 5.32 Å². The number of carbonyl (C=O) groups is 2. The Bertz CT molecular complexity index is 457. The molecule has 5 nitrogen and oxygen atoms in total. The fourth-order valence-electron chi connectivity index (χ4n) is 2.24. The van der Waals surface area contributed by atoms with E-state index in [2.05, 4.69) is 21.2 Å². The zero-order chi connectivity index (χ0) is 13.1. The molecule has 2 rings (SSSR count). The number of aliphatic carboxylic acids is 1. The Balaban J connectivity index is 1.93. The van der Waals surface area contributed by atoms with Crippen molar-refractivity contribution in [2.24, 2.45) is 5.92 Å². The lowest BCUT2D eigenvalue weighted by Crippen LogP contribution is -2.39. The first-order valence-corrected chi connectivity index (χ1v) is 6.64. The van der Waals surface area contributed by atoms with Gasteiger partial charge in [-0.05, 0) is 47.3 Å². The smallest absolute Gasteiger partial charge is 0.306 e. The Kier molecular flexibility index (Phi) is 4.06. The molecule has 0 saturated heterocycles. The first-order chi connectivity index (χ1) is 8.56. The molecule has 0 bridgehead atoms. The fraction of sp³-hybridized carbons (Fsp3) is 0.500. The average molecular weight is 316 g/mol. The maximum Gasteiger partial charge on any atom is 0.306 e. The van der Waals surface area contributed by atoms with Crippen LogP contribution in [-0.2, 0) is 4.79 Å². The lowest BCUT2D eigenvalue weighted by molar-refractivity contribution is -0.143. The van der Waals surface area contributed by atoms with Crippen molar-refractivity contribution in [3.8, 4) is 0 Å². The number of furan rings is 1. The zero-order valence-corrected chi connectivity index (χ0v) is 11.3. The summed E-state index contributed by atoms with van der Waals surface area (Å²) >= 11 is 3.13. The van der Waals surface area contributed by atoms with Gasteiger partial charge in [0.15, 0.2) is 10.4 Å². The highest BCUT2D eigenvalue weighted by Gasteiger charge is 2.28. The molecule has 1 fully saturated rings. The number of carboxylic acid groups (broad SMARTS) is 1. The first-order valence-electron chi connectivity index (χ1n) is 5.85. The molecule has 1 amide bonds. The molecule has 1 aliphatic rings. The van der Waals surface area contributed by atoms with E-state index >= 15 is 0 Å². The largest absolute Gasteiger partial charge is 0.481 e. The summed E-state index contributed by atoms with van der Waals surface area (Å²) < 4.78 is 5.65. The molecule has 98 valence electrons. The Morgan fingerprint density at radius 2 is 2.17 bits per heavy atom. The topological polar surface area (TPSA) is 79.5 Å². The molecule has 1 aromatic rings. The second kappa shape index (κ2) is 5.56. The van der Waals surface area contributed by atoms with E-state index in [-0.39, 0.29) is 23.6 Å². The van der Waals surface area contributed by atoms with Gasteiger partial charge in [0.25, 0.3) is 5.91 Å². The van der Waals surface area contributed by atoms with Crippen LogP contribution in [0.25, 0.3) is 0 Å². The van der Waals surface area contributed by atoms with Gasteiger partial charge in [-0.25, -0.2) is 0 Å². The lowest BCUT2D eigenvalue weighted by atomic mass is 9.86. The molecule has 2 unspecified atom stereocenters. The van der Waals surface area contributed by atoms with Gasteiger partial charge in [-0.1, -0.05) is 6.42 Å². The number of nitrogens with one attached hydrogen (secondary N) is 1. The summed E-state index contributed by atoms with van der Waals surface area (Å²) in [4.78, 5) is 22.8. The molecular weight excluding hydrogens is 302 g/mol. The molecule has 0 aromatic carbocycles. The number of carbonyl (C=O) groups excluding carboxylic acids is 1. The summed E-state index contributed by atoms with van der Waals surface area (Å²) in [5, 5.41) is 11.8. The monoisotopic (exact) mass is 315 g/mol. The minimum absolute atomic E-state index is 0.0868. The molecule has 2 N–H and O–H groups in total. The van der Waals surface area contributed by atoms with Gasteiger partial charge in [0, 0.05) is 6.04 Å². The van der Waals surface area contributed by atoms with Crippen molar-refractivity contribution in [2.75, 3.05) is 0 Å². The van der Waals surface area contributed by atoms with E-state index in [1.807, 2.05) is 0 Å². The molecule has 1 heterocycles. The van der Waals surface area contributed by atoms with Crippen molar-refractivity contribution in [1.29, 1.82) is 0 Å². The highest BCUT2D eigenvalue weighted by molar-refractivity contribution is 9.10. The van der Waals surface area contributed by atoms with Crippen molar-refractivity contribution in [2.45, 2.75) is 31.7 Å². The summed E-state index contributed by atoms with van der Waals surface area (Å²) in [6.07, 6.45) is 2.82. The zero-order valence-electron chi connectivity index (χ0n) is 9.69. The third kappa shape index (κ3) is 3.13. The van der Waals surface area contributed by atoms with E-state index in [4.69, 9.17) is 9.52 Å². The lowest BCUT2D eigenvalue weighted by Gasteiger charge is -2.26. The van der Waals surface area contributed by atoms with Gasteiger partial charge in [0.2, 0.25) is 0 Å². The van der Waals surface area contributed by atoms with Crippen LogP contribution < -0.4 is 5.32 Å². The second-order valence-electron chi connectivity index (χ2n) is 4.48. The number of hydrogen-bond acceptors (Lipinski definition) is 3. The quantitative estimate of drug-likeness (QED) is 0.897. The standard InChI is InChI=1S/C12H14BrNO4/c13-10-5-4-9(18-10)11(15)14-8-3-1-2-7(6-8)12(16)17/h4-5,7-8H,1-3,6H2,(H,14,15)(H,16,17). The molecule has 1 saturated carbocycles. The third-order valence-electron chi connectivity index (χ3n) is 3.16. The Morgan fingerprint density at radius 1 is 1.39 bits per heavy atom. The highest BCUT2D eigenvalue weighted by Crippen LogP contribution is 2.25. The highest BCUT2D eigenvalue weighted by atomic mass is 79.9. The van der Waals surface area contributed by atoms with Crippen LogP contribution in [0, 0.1) is 5.92 Å². The summed E-state index contributed by atoms with van der Waals surface area (Å²) in [7, 11) is 0. The number of rotatable bonds is 3. The second-order valence-corrected chi connectivity index (χ2v) is 5.26. The van der Waals surface area contributed by atoms with Gasteiger partial charge in [-0.2, -0.15) is 0 Å². The van der Waals surface area contributed by atoms with Gasteiger partial charge < -0.3 is 14.8 Å². The number of amides is 1. The van der Waals surface area contributed by atoms with Crippen LogP contribution in [0.15, 0.2) is 21.2 Å². The van der Waals surface area contributed by atoms with Gasteiger partial charge >= 0.3 is 5.97 Å². The number of halogens is 1. The van der Waals surface area contributed by atoms with E-state index in [1.54, 1.807) is 12.1 Å². The Labute approximate surface area is 113 Å². The van der Waals surface area contributed by atoms with Crippen LogP contribution in [0.4, 0.5) is 0 Å². The molecule has 18 heavy (non-hydrogen) atoms. The van der Waals surface area contributed by atoms with Gasteiger partial charge in [-0.3, -0.25) is 9.59 Å². The van der Waals surface area contributed by atoms with Crippen LogP contribution in [0.1, 0.15) is 36.2 Å². The van der Waals surface area contributed by atoms with E-state index in [0.717, 1.165) is 12.8 Å². The third-order valence-corrected chi connectivity index (χ3v) is 3.58. The number of hydrogen-bond donors (Lipinski definition) is 2. The van der Waals surface area contributed by atoms with Gasteiger partial charge in [-0.15, -0.1) is 0 Å². The summed E-state index contributed by atoms with van der Waals surface area (Å²) in [5.74, 6) is -1.20. The van der Waals surface area contributed by atoms with Crippen LogP contribution in [0.2, 0.25) is 0 Å². The summed E-state index contributed by atoms with van der Waals surface area (Å²) in [5.41, 5.74) is 0. The molecule has 0 aliphatic heterocycles. The predicted molar refractivity (Wildman–Crippen MR) is 67.3 cm³/mol. The SMILES string of the molecule is O=C(NC1CCCC(C(=O)O)C1)c1ccc(Br)o1. The normalized spacial score (nSPS) is 23.6. The maximum atomic E-state index is 11.8. The molecule has 2 atom stereocenters. The van der Waals surface area contributed by atoms with Crippen LogP contribution in [0.3, 0.4) is 0 Å². The molecule has 1 aromatic heterocycles. The van der Waals surface area contributed by atoms with Gasteiger partial charge in [0.1, 0.15) is 0 Å². The molecule has 0 spiro atoms. The van der Waals surface area contributed by atoms with Gasteiger partial charge in [0.05, 0.1) is 5.92 Å². The minimum atomic E-state index is -0.783. The van der Waals surface area contributed by atoms with Crippen molar-refractivity contribution in [3.05, 3.63) is 22.6 Å². The van der Waals surface area contributed by atoms with E-state index in [9.17, 15) is 9.59 Å². The fourth-order valence-corrected chi connectivity index (χ4v) is 2.54. The van der Waals surface area contributed by atoms with Crippen LogP contribution >= 0.6 is 15.9 Å². The molecular formula is C12H14BrNO4. The summed E-state index contributed by atoms with van der Waals surface area (Å²) in [6, 6.07) is 3.14. The average Bonchev–Trinajstić information content (AvgIpc) is 2.76. The van der Waals surface area contributed by atoms with Crippen LogP contribution in [0.5, 0.6) is 0 Å². The van der Waals surface area contributed by atoms with Crippen molar-refractivity contribution >= 4 is 27.8 Å². The van der Waals surface area contributed by atoms with E-state index in [1.165, 1.54) is 0 Å². The Hall–Kier alpha value is -1.30. The molecule has 6 heteroatoms. The van der Waals surface area contributed by atoms with Crippen molar-refractivity contribution in [3.63, 3.8) is 0 Å². The minimum Gasteiger partial charge on any atom is -0.481 e. The molecule has 1 aliphatic carbocycles. The Morgan fingerprint density at radius 3 is 2.78 bits per heavy atom. The maximum absolute atomic E-state index is 11.8. The number of carboxylic acids is 1. The van der Waals surface area contributed by atoms with Crippen molar-refractivity contribution < 1.29 is 19.1 Å². The van der Waals surface area contributed by atoms with E-state index in [0.29, 0.717) is 17.5 Å². The first kappa shape index (κ1) is 13.1. The summed E-state index contributed by atoms with van der Waals surface area (Å²) in [6.45, 7) is 0. The van der Waals surface area contributed by atoms with E-state index < -0.39 is 5.97 Å². The predicted octanol–water partition coefficient (Wildman–Crippen LogP) is 2.42. The van der Waals surface area contributed by atoms with Crippen LogP contribution in [-0.4, -0.2) is 23.0 Å². The molecule has 0 radical (unpaired) electrons.